The molecule has 2 aromatic rings. The number of nitrogens with zero attached hydrogens (tertiary/aromatic N) is 3. The number of pyridine rings is 2. The minimum Gasteiger partial charge on any atom is -0.508 e. The molecule has 0 saturated carbocycles. The zero-order valence-corrected chi connectivity index (χ0v) is 22.1. The highest BCUT2D eigenvalue weighted by atomic mass is 35.5. The highest BCUT2D eigenvalue weighted by Crippen LogP contribution is 2.18. The Balaban J connectivity index is 0.000000632. The summed E-state index contributed by atoms with van der Waals surface area (Å²) in [6.07, 6.45) is 0.689. The molecule has 4 rings (SSSR count). The molecule has 2 aromatic heterocycles. The Bertz CT molecular complexity index is 1140. The highest BCUT2D eigenvalue weighted by molar-refractivity contribution is 6.29. The van der Waals surface area contributed by atoms with E-state index >= 15 is 0 Å². The summed E-state index contributed by atoms with van der Waals surface area (Å²) in [5.74, 6) is -0.967. The Morgan fingerprint density at radius 1 is 1.00 bits per heavy atom. The molecule has 4 N–H and O–H groups in total. The van der Waals surface area contributed by atoms with E-state index in [0.29, 0.717) is 17.4 Å². The van der Waals surface area contributed by atoms with Crippen molar-refractivity contribution in [2.45, 2.75) is 32.9 Å². The molecule has 220 valence electrons. The molecule has 0 atom stereocenters. The molecule has 0 bridgehead atoms. The molecule has 0 radical (unpaired) electrons. The van der Waals surface area contributed by atoms with Gasteiger partial charge in [-0.2, -0.15) is 0 Å². The SMILES string of the molecule is Cc1ccc(CNCC(F)F)cn1.O.O=C1C=C(N(Cc2ccc(Cl)nc2)CC(F)F)CO1.O=C1C=C(O)CO1.[H+]. The van der Waals surface area contributed by atoms with Crippen LogP contribution in [0.2, 0.25) is 5.15 Å². The van der Waals surface area contributed by atoms with Gasteiger partial charge in [0.25, 0.3) is 12.9 Å². The van der Waals surface area contributed by atoms with Gasteiger partial charge in [0, 0.05) is 37.3 Å². The summed E-state index contributed by atoms with van der Waals surface area (Å²) in [4.78, 5) is 30.3. The summed E-state index contributed by atoms with van der Waals surface area (Å²) in [6, 6.07) is 7.02. The van der Waals surface area contributed by atoms with Crippen LogP contribution >= 0.6 is 11.6 Å². The fourth-order valence-corrected chi connectivity index (χ4v) is 3.12. The fraction of sp³-hybridized carbons (Fsp3) is 0.360. The summed E-state index contributed by atoms with van der Waals surface area (Å²) < 4.78 is 57.6. The first-order valence-electron chi connectivity index (χ1n) is 11.5. The van der Waals surface area contributed by atoms with Crippen molar-refractivity contribution in [2.75, 3.05) is 26.3 Å². The van der Waals surface area contributed by atoms with Gasteiger partial charge in [-0.3, -0.25) is 4.98 Å². The van der Waals surface area contributed by atoms with Gasteiger partial charge in [-0.25, -0.2) is 32.1 Å². The van der Waals surface area contributed by atoms with E-state index in [2.05, 4.69) is 20.0 Å². The molecule has 4 heterocycles. The molecule has 0 saturated heterocycles. The zero-order valence-electron chi connectivity index (χ0n) is 22.3. The molecule has 2 aliphatic rings. The van der Waals surface area contributed by atoms with Crippen LogP contribution in [0, 0.1) is 6.92 Å². The van der Waals surface area contributed by atoms with E-state index in [1.54, 1.807) is 18.3 Å². The normalized spacial score (nSPS) is 13.7. The molecule has 40 heavy (non-hydrogen) atoms. The third-order valence-electron chi connectivity index (χ3n) is 4.82. The minimum atomic E-state index is -2.50. The van der Waals surface area contributed by atoms with E-state index in [0.717, 1.165) is 22.9 Å². The number of esters is 2. The topological polar surface area (TPSA) is 145 Å². The van der Waals surface area contributed by atoms with Crippen molar-refractivity contribution in [1.82, 2.24) is 20.2 Å². The first-order valence-corrected chi connectivity index (χ1v) is 11.9. The van der Waals surface area contributed by atoms with Crippen molar-refractivity contribution >= 4 is 23.5 Å². The number of nitrogens with one attached hydrogen (secondary N) is 1. The van der Waals surface area contributed by atoms with Crippen LogP contribution in [0.5, 0.6) is 0 Å². The lowest BCUT2D eigenvalue weighted by Crippen LogP contribution is -2.28. The molecule has 2 aliphatic heterocycles. The van der Waals surface area contributed by atoms with E-state index in [9.17, 15) is 27.2 Å². The molecule has 15 heteroatoms. The molecule has 0 fully saturated rings. The highest BCUT2D eigenvalue weighted by Gasteiger charge is 2.22. The van der Waals surface area contributed by atoms with Gasteiger partial charge in [0.1, 0.15) is 24.1 Å². The first kappa shape index (κ1) is 34.3. The molecule has 0 amide bonds. The number of carbonyl (C=O) groups excluding carboxylic acids is 2. The van der Waals surface area contributed by atoms with Crippen LogP contribution in [-0.4, -0.2) is 76.5 Å². The number of halogens is 5. The van der Waals surface area contributed by atoms with Gasteiger partial charge >= 0.3 is 13.4 Å². The molecule has 0 aliphatic carbocycles. The predicted molar refractivity (Wildman–Crippen MR) is 138 cm³/mol. The van der Waals surface area contributed by atoms with Gasteiger partial charge in [0.15, 0.2) is 0 Å². The van der Waals surface area contributed by atoms with Gasteiger partial charge in [0.05, 0.1) is 24.9 Å². The van der Waals surface area contributed by atoms with Gasteiger partial charge < -0.3 is 30.3 Å². The van der Waals surface area contributed by atoms with Crippen LogP contribution < -0.4 is 5.32 Å². The van der Waals surface area contributed by atoms with Crippen LogP contribution in [0.3, 0.4) is 0 Å². The number of ether oxygens (including phenoxy) is 2. The van der Waals surface area contributed by atoms with Gasteiger partial charge in [0.2, 0.25) is 0 Å². The van der Waals surface area contributed by atoms with Crippen molar-refractivity contribution in [2.24, 2.45) is 0 Å². The van der Waals surface area contributed by atoms with Gasteiger partial charge in [-0.05, 0) is 30.2 Å². The summed E-state index contributed by atoms with van der Waals surface area (Å²) in [6.45, 7) is 1.87. The van der Waals surface area contributed by atoms with Crippen LogP contribution in [-0.2, 0) is 32.2 Å². The van der Waals surface area contributed by atoms with E-state index < -0.39 is 31.3 Å². The number of cyclic esters (lactones) is 2. The fourth-order valence-electron chi connectivity index (χ4n) is 3.01. The van der Waals surface area contributed by atoms with Crippen LogP contribution in [0.4, 0.5) is 17.6 Å². The Hall–Kier alpha value is -3.75. The van der Waals surface area contributed by atoms with Crippen molar-refractivity contribution < 1.29 is 48.6 Å². The Morgan fingerprint density at radius 3 is 2.10 bits per heavy atom. The van der Waals surface area contributed by atoms with Crippen molar-refractivity contribution in [1.29, 1.82) is 0 Å². The van der Waals surface area contributed by atoms with Crippen molar-refractivity contribution in [3.63, 3.8) is 0 Å². The second kappa shape index (κ2) is 17.8. The lowest BCUT2D eigenvalue weighted by Gasteiger charge is -2.24. The van der Waals surface area contributed by atoms with Crippen molar-refractivity contribution in [3.05, 3.63) is 82.2 Å². The number of aromatic nitrogens is 2. The first-order chi connectivity index (χ1) is 18.5. The number of alkyl halides is 4. The summed E-state index contributed by atoms with van der Waals surface area (Å²) in [7, 11) is 0. The number of carbonyl (C=O) groups is 2. The molecule has 0 unspecified atom stereocenters. The van der Waals surface area contributed by atoms with Gasteiger partial charge in [-0.15, -0.1) is 0 Å². The second-order valence-electron chi connectivity index (χ2n) is 8.08. The number of aryl methyl sites for hydroxylation is 1. The average Bonchev–Trinajstić information content (AvgIpc) is 3.48. The minimum absolute atomic E-state index is 0. The maximum atomic E-state index is 12.6. The Kier molecular flexibility index (Phi) is 15.2. The summed E-state index contributed by atoms with van der Waals surface area (Å²) in [5.41, 5.74) is 3.02. The van der Waals surface area contributed by atoms with Crippen LogP contribution in [0.25, 0.3) is 0 Å². The third-order valence-corrected chi connectivity index (χ3v) is 5.04. The molecule has 0 spiro atoms. The molecule has 0 aromatic carbocycles. The zero-order chi connectivity index (χ0) is 28.8. The average molecular weight is 594 g/mol. The van der Waals surface area contributed by atoms with Crippen LogP contribution in [0.15, 0.2) is 60.3 Å². The van der Waals surface area contributed by atoms with Crippen molar-refractivity contribution in [3.8, 4) is 0 Å². The third kappa shape index (κ3) is 13.9. The van der Waals surface area contributed by atoms with E-state index in [4.69, 9.17) is 21.4 Å². The lowest BCUT2D eigenvalue weighted by molar-refractivity contribution is -0.136. The smallest absolute Gasteiger partial charge is 0.508 e. The Morgan fingerprint density at radius 2 is 1.65 bits per heavy atom. The quantitative estimate of drug-likeness (QED) is 0.254. The largest absolute Gasteiger partial charge is 1.00 e. The summed E-state index contributed by atoms with van der Waals surface area (Å²) in [5, 5.41) is 11.4. The Labute approximate surface area is 234 Å². The summed E-state index contributed by atoms with van der Waals surface area (Å²) >= 11 is 5.66. The standard InChI is InChI=1S/C12H11ClF2N2O2.C9H12F2N2.C4H4O3.H2O/c13-10-2-1-8(4-16-10)5-17(6-11(14)15)9-3-12(18)19-7-9;1-7-2-3-8(5-13-7)4-12-6-9(10)11;5-3-1-4(6)7-2-3;/h1-4,11H,5-7H2;2-3,5,9,12H,4,6H2,1H3;1,5H,2H2;1H2/p+1. The lowest BCUT2D eigenvalue weighted by atomic mass is 10.2. The molecular formula is C25H30ClF4N4O6+. The maximum Gasteiger partial charge on any atom is 1.00 e. The van der Waals surface area contributed by atoms with E-state index in [1.165, 1.54) is 17.2 Å². The predicted octanol–water partition coefficient (Wildman–Crippen LogP) is 3.26. The number of aliphatic hydroxyl groups excluding tert-OH is 1. The number of hydrogen-bond acceptors (Lipinski definition) is 9. The molecule has 10 nitrogen and oxygen atoms in total. The number of aliphatic hydroxyl groups is 1. The van der Waals surface area contributed by atoms with E-state index in [1.807, 2.05) is 19.1 Å². The van der Waals surface area contributed by atoms with Crippen LogP contribution in [0.1, 0.15) is 18.2 Å². The maximum absolute atomic E-state index is 12.6. The second-order valence-corrected chi connectivity index (χ2v) is 8.46. The number of hydrogen-bond donors (Lipinski definition) is 2. The number of rotatable bonds is 9. The van der Waals surface area contributed by atoms with Gasteiger partial charge in [-0.1, -0.05) is 23.7 Å². The van der Waals surface area contributed by atoms with E-state index in [-0.39, 0.29) is 39.0 Å². The molecular weight excluding hydrogens is 564 g/mol. The monoisotopic (exact) mass is 593 g/mol.